The van der Waals surface area contributed by atoms with Crippen LogP contribution in [0.25, 0.3) is 0 Å². The molecule has 0 heteroatoms. The zero-order chi connectivity index (χ0) is 11.4. The fourth-order valence-corrected chi connectivity index (χ4v) is 1.95. The van der Waals surface area contributed by atoms with Gasteiger partial charge in [0.05, 0.1) is 0 Å². The minimum Gasteiger partial charge on any atom is -0.0654 e. The van der Waals surface area contributed by atoms with Gasteiger partial charge in [-0.1, -0.05) is 91.4 Å². The first-order chi connectivity index (χ1) is 7.31. The molecule has 0 aromatic heterocycles. The van der Waals surface area contributed by atoms with E-state index in [1.807, 2.05) is 0 Å². The molecule has 0 heterocycles. The molecule has 1 unspecified atom stereocenters. The fraction of sp³-hybridized carbons (Fsp3) is 0.933. The lowest BCUT2D eigenvalue weighted by molar-refractivity contribution is 0.500. The number of hydrogen-bond acceptors (Lipinski definition) is 0. The molecule has 0 amide bonds. The van der Waals surface area contributed by atoms with Crippen molar-refractivity contribution in [3.8, 4) is 0 Å². The molecule has 0 aromatic rings. The Morgan fingerprint density at radius 1 is 0.733 bits per heavy atom. The second kappa shape index (κ2) is 12.1. The summed E-state index contributed by atoms with van der Waals surface area (Å²) in [6, 6.07) is 0. The fourth-order valence-electron chi connectivity index (χ4n) is 1.95. The Labute approximate surface area is 97.8 Å². The summed E-state index contributed by atoms with van der Waals surface area (Å²) in [5, 5.41) is 0. The second-order valence-electron chi connectivity index (χ2n) is 4.89. The van der Waals surface area contributed by atoms with Crippen LogP contribution >= 0.6 is 0 Å². The van der Waals surface area contributed by atoms with Gasteiger partial charge in [0.1, 0.15) is 0 Å². The first kappa shape index (κ1) is 15.0. The van der Waals surface area contributed by atoms with Gasteiger partial charge in [-0.05, 0) is 5.92 Å². The predicted molar refractivity (Wildman–Crippen MR) is 71.0 cm³/mol. The molecule has 15 heavy (non-hydrogen) atoms. The highest BCUT2D eigenvalue weighted by Crippen LogP contribution is 2.14. The van der Waals surface area contributed by atoms with Crippen LogP contribution in [0.1, 0.15) is 84.5 Å². The van der Waals surface area contributed by atoms with E-state index in [0.717, 1.165) is 0 Å². The van der Waals surface area contributed by atoms with E-state index in [0.29, 0.717) is 5.92 Å². The summed E-state index contributed by atoms with van der Waals surface area (Å²) in [5.74, 6) is 0.703. The molecule has 0 bridgehead atoms. The highest BCUT2D eigenvalue weighted by molar-refractivity contribution is 4.58. The molecule has 0 rings (SSSR count). The van der Waals surface area contributed by atoms with Crippen LogP contribution < -0.4 is 0 Å². The lowest BCUT2D eigenvalue weighted by atomic mass is 9.99. The maximum atomic E-state index is 4.12. The number of rotatable bonds is 11. The normalized spacial score (nSPS) is 13.0. The van der Waals surface area contributed by atoms with Crippen molar-refractivity contribution in [2.75, 3.05) is 0 Å². The number of unbranched alkanes of at least 4 members (excludes halogenated alkanes) is 8. The molecule has 0 aromatic carbocycles. The van der Waals surface area contributed by atoms with Gasteiger partial charge in [-0.3, -0.25) is 0 Å². The summed E-state index contributed by atoms with van der Waals surface area (Å²) in [4.78, 5) is 0. The average Bonchev–Trinajstić information content (AvgIpc) is 2.26. The molecule has 0 saturated heterocycles. The van der Waals surface area contributed by atoms with Crippen LogP contribution in [0.5, 0.6) is 0 Å². The van der Waals surface area contributed by atoms with E-state index in [1.54, 1.807) is 0 Å². The molecule has 1 radical (unpaired) electrons. The van der Waals surface area contributed by atoms with Gasteiger partial charge >= 0.3 is 0 Å². The molecular formula is C15H31. The van der Waals surface area contributed by atoms with Gasteiger partial charge in [0.25, 0.3) is 0 Å². The smallest absolute Gasteiger partial charge is 0.0417 e. The minimum absolute atomic E-state index is 0.703. The Morgan fingerprint density at radius 3 is 1.67 bits per heavy atom. The van der Waals surface area contributed by atoms with Gasteiger partial charge in [-0.25, -0.2) is 0 Å². The van der Waals surface area contributed by atoms with E-state index in [2.05, 4.69) is 20.8 Å². The molecule has 0 N–H and O–H groups in total. The van der Waals surface area contributed by atoms with Crippen molar-refractivity contribution in [1.82, 2.24) is 0 Å². The molecule has 0 aliphatic heterocycles. The Hall–Kier alpha value is 0. The van der Waals surface area contributed by atoms with E-state index >= 15 is 0 Å². The van der Waals surface area contributed by atoms with Crippen molar-refractivity contribution in [2.24, 2.45) is 5.92 Å². The van der Waals surface area contributed by atoms with E-state index < -0.39 is 0 Å². The van der Waals surface area contributed by atoms with Gasteiger partial charge in [0.15, 0.2) is 0 Å². The van der Waals surface area contributed by atoms with Crippen molar-refractivity contribution < 1.29 is 0 Å². The highest BCUT2D eigenvalue weighted by atomic mass is 14.0. The van der Waals surface area contributed by atoms with Crippen LogP contribution in [0, 0.1) is 12.8 Å². The third kappa shape index (κ3) is 11.9. The quantitative estimate of drug-likeness (QED) is 0.381. The molecule has 0 aliphatic rings. The van der Waals surface area contributed by atoms with Crippen molar-refractivity contribution in [2.45, 2.75) is 84.5 Å². The number of hydrogen-bond donors (Lipinski definition) is 0. The van der Waals surface area contributed by atoms with E-state index in [9.17, 15) is 0 Å². The standard InChI is InChI=1S/C15H31/c1-4-6-7-8-9-10-11-12-13-14-15(3)5-2/h15H,3-14H2,1-2H3. The largest absolute Gasteiger partial charge is 0.0654 e. The third-order valence-corrected chi connectivity index (χ3v) is 3.29. The summed E-state index contributed by atoms with van der Waals surface area (Å²) in [5.41, 5.74) is 0. The van der Waals surface area contributed by atoms with Crippen LogP contribution in [0.2, 0.25) is 0 Å². The van der Waals surface area contributed by atoms with Crippen molar-refractivity contribution >= 4 is 0 Å². The summed E-state index contributed by atoms with van der Waals surface area (Å²) >= 11 is 0. The molecule has 0 nitrogen and oxygen atoms in total. The maximum absolute atomic E-state index is 4.12. The van der Waals surface area contributed by atoms with Crippen LogP contribution in [-0.4, -0.2) is 0 Å². The van der Waals surface area contributed by atoms with Crippen LogP contribution in [0.4, 0.5) is 0 Å². The van der Waals surface area contributed by atoms with E-state index in [1.165, 1.54) is 70.6 Å². The van der Waals surface area contributed by atoms with Gasteiger partial charge < -0.3 is 0 Å². The van der Waals surface area contributed by atoms with Gasteiger partial charge in [0.2, 0.25) is 0 Å². The third-order valence-electron chi connectivity index (χ3n) is 3.29. The molecule has 91 valence electrons. The Balaban J connectivity index is 2.92. The molecule has 0 fully saturated rings. The summed E-state index contributed by atoms with van der Waals surface area (Å²) in [6.45, 7) is 8.65. The second-order valence-corrected chi connectivity index (χ2v) is 4.89. The van der Waals surface area contributed by atoms with E-state index in [4.69, 9.17) is 0 Å². The maximum Gasteiger partial charge on any atom is -0.0417 e. The lowest BCUT2D eigenvalue weighted by Gasteiger charge is -2.07. The van der Waals surface area contributed by atoms with Crippen LogP contribution in [-0.2, 0) is 0 Å². The molecule has 0 saturated carbocycles. The molecule has 1 atom stereocenters. The first-order valence-electron chi connectivity index (χ1n) is 7.14. The van der Waals surface area contributed by atoms with Crippen molar-refractivity contribution in [3.63, 3.8) is 0 Å². The molecular weight excluding hydrogens is 180 g/mol. The zero-order valence-electron chi connectivity index (χ0n) is 11.1. The minimum atomic E-state index is 0.703. The molecule has 0 aliphatic carbocycles. The van der Waals surface area contributed by atoms with Crippen LogP contribution in [0.15, 0.2) is 0 Å². The van der Waals surface area contributed by atoms with Crippen molar-refractivity contribution in [3.05, 3.63) is 6.92 Å². The van der Waals surface area contributed by atoms with E-state index in [-0.39, 0.29) is 0 Å². The van der Waals surface area contributed by atoms with Crippen LogP contribution in [0.3, 0.4) is 0 Å². The summed E-state index contributed by atoms with van der Waals surface area (Å²) in [6.07, 6.45) is 15.5. The zero-order valence-corrected chi connectivity index (χ0v) is 11.1. The monoisotopic (exact) mass is 211 g/mol. The summed E-state index contributed by atoms with van der Waals surface area (Å²) < 4.78 is 0. The lowest BCUT2D eigenvalue weighted by Crippen LogP contribution is -1.92. The predicted octanol–water partition coefficient (Wildman–Crippen LogP) is 5.77. The average molecular weight is 211 g/mol. The van der Waals surface area contributed by atoms with Gasteiger partial charge in [0, 0.05) is 0 Å². The van der Waals surface area contributed by atoms with Crippen molar-refractivity contribution in [1.29, 1.82) is 0 Å². The van der Waals surface area contributed by atoms with Gasteiger partial charge in [-0.2, -0.15) is 0 Å². The summed E-state index contributed by atoms with van der Waals surface area (Å²) in [7, 11) is 0. The molecule has 0 spiro atoms. The SMILES string of the molecule is [CH2]C(CC)CCCCCCCCCCC. The Morgan fingerprint density at radius 2 is 1.20 bits per heavy atom. The van der Waals surface area contributed by atoms with Gasteiger partial charge in [-0.15, -0.1) is 0 Å². The highest BCUT2D eigenvalue weighted by Gasteiger charge is 1.98. The Kier molecular flexibility index (Phi) is 12.1. The topological polar surface area (TPSA) is 0 Å². The Bertz CT molecular complexity index is 107. The first-order valence-corrected chi connectivity index (χ1v) is 7.14.